The number of nitrogens with zero attached hydrogens (tertiary/aromatic N) is 4. The number of nitriles is 1. The van der Waals surface area contributed by atoms with Crippen molar-refractivity contribution in [2.75, 3.05) is 37.6 Å². The van der Waals surface area contributed by atoms with Crippen molar-refractivity contribution in [1.29, 1.82) is 5.26 Å². The molecule has 1 fully saturated rings. The summed E-state index contributed by atoms with van der Waals surface area (Å²) in [5.74, 6) is 0.834. The first kappa shape index (κ1) is 10.9. The number of pyridine rings is 1. The summed E-state index contributed by atoms with van der Waals surface area (Å²) in [6, 6.07) is 5.84. The second kappa shape index (κ2) is 4.95. The Morgan fingerprint density at radius 1 is 1.38 bits per heavy atom. The van der Waals surface area contributed by atoms with Crippen LogP contribution in [0.4, 0.5) is 5.82 Å². The molecule has 0 N–H and O–H groups in total. The molecule has 1 aliphatic rings. The minimum Gasteiger partial charge on any atom is -0.353 e. The Bertz CT molecular complexity index is 388. The molecule has 0 saturated carbocycles. The summed E-state index contributed by atoms with van der Waals surface area (Å²) in [5, 5.41) is 9.02. The molecule has 1 aromatic heterocycles. The summed E-state index contributed by atoms with van der Waals surface area (Å²) >= 11 is 0. The third kappa shape index (κ3) is 2.15. The van der Waals surface area contributed by atoms with E-state index in [1.165, 1.54) is 0 Å². The molecule has 0 bridgehead atoms. The standard InChI is InChI=1S/C12H16N4/c1-2-15-6-8-16(9-7-15)12-11(10-13)4-3-5-14-12/h3-5H,2,6-9H2,1H3. The Labute approximate surface area is 96.1 Å². The summed E-state index contributed by atoms with van der Waals surface area (Å²) in [6.07, 6.45) is 1.75. The van der Waals surface area contributed by atoms with E-state index in [1.54, 1.807) is 6.20 Å². The normalized spacial score (nSPS) is 17.1. The highest BCUT2D eigenvalue weighted by Gasteiger charge is 2.18. The van der Waals surface area contributed by atoms with Gasteiger partial charge in [0.15, 0.2) is 0 Å². The van der Waals surface area contributed by atoms with Crippen LogP contribution in [0.25, 0.3) is 0 Å². The number of likely N-dealkylation sites (N-methyl/N-ethyl adjacent to an activating group) is 1. The second-order valence-electron chi connectivity index (χ2n) is 3.91. The zero-order valence-electron chi connectivity index (χ0n) is 9.56. The lowest BCUT2D eigenvalue weighted by Crippen LogP contribution is -2.46. The molecule has 1 aliphatic heterocycles. The summed E-state index contributed by atoms with van der Waals surface area (Å²) in [6.45, 7) is 7.30. The van der Waals surface area contributed by atoms with Crippen LogP contribution in [0.3, 0.4) is 0 Å². The van der Waals surface area contributed by atoms with E-state index in [9.17, 15) is 0 Å². The van der Waals surface area contributed by atoms with Crippen LogP contribution in [-0.2, 0) is 0 Å². The molecular formula is C12H16N4. The lowest BCUT2D eigenvalue weighted by atomic mass is 10.2. The molecule has 0 aromatic carbocycles. The van der Waals surface area contributed by atoms with E-state index in [2.05, 4.69) is 27.8 Å². The zero-order valence-corrected chi connectivity index (χ0v) is 9.56. The molecular weight excluding hydrogens is 200 g/mol. The number of rotatable bonds is 2. The van der Waals surface area contributed by atoms with Crippen LogP contribution in [0, 0.1) is 11.3 Å². The molecule has 16 heavy (non-hydrogen) atoms. The van der Waals surface area contributed by atoms with Gasteiger partial charge in [-0.05, 0) is 18.7 Å². The first-order valence-electron chi connectivity index (χ1n) is 5.67. The molecule has 0 amide bonds. The fourth-order valence-electron chi connectivity index (χ4n) is 2.01. The molecule has 0 unspecified atom stereocenters. The van der Waals surface area contributed by atoms with Gasteiger partial charge in [0.05, 0.1) is 5.56 Å². The predicted molar refractivity (Wildman–Crippen MR) is 63.3 cm³/mol. The van der Waals surface area contributed by atoms with Gasteiger partial charge in [0, 0.05) is 32.4 Å². The minimum absolute atomic E-state index is 0.674. The first-order valence-corrected chi connectivity index (χ1v) is 5.67. The number of anilines is 1. The van der Waals surface area contributed by atoms with Crippen LogP contribution in [0.1, 0.15) is 12.5 Å². The van der Waals surface area contributed by atoms with E-state index < -0.39 is 0 Å². The number of aromatic nitrogens is 1. The van der Waals surface area contributed by atoms with E-state index in [-0.39, 0.29) is 0 Å². The predicted octanol–water partition coefficient (Wildman–Crippen LogP) is 1.10. The molecule has 1 aromatic rings. The highest BCUT2D eigenvalue weighted by atomic mass is 15.3. The smallest absolute Gasteiger partial charge is 0.146 e. The molecule has 0 radical (unpaired) electrons. The average molecular weight is 216 g/mol. The first-order chi connectivity index (χ1) is 7.85. The Morgan fingerprint density at radius 3 is 2.75 bits per heavy atom. The van der Waals surface area contributed by atoms with Crippen LogP contribution < -0.4 is 4.90 Å². The van der Waals surface area contributed by atoms with E-state index in [1.807, 2.05) is 12.1 Å². The van der Waals surface area contributed by atoms with Crippen molar-refractivity contribution < 1.29 is 0 Å². The topological polar surface area (TPSA) is 43.2 Å². The zero-order chi connectivity index (χ0) is 11.4. The number of hydrogen-bond acceptors (Lipinski definition) is 4. The fraction of sp³-hybridized carbons (Fsp3) is 0.500. The quantitative estimate of drug-likeness (QED) is 0.742. The van der Waals surface area contributed by atoms with Gasteiger partial charge in [0.1, 0.15) is 11.9 Å². The Morgan fingerprint density at radius 2 is 2.12 bits per heavy atom. The monoisotopic (exact) mass is 216 g/mol. The van der Waals surface area contributed by atoms with Crippen molar-refractivity contribution >= 4 is 5.82 Å². The molecule has 4 nitrogen and oxygen atoms in total. The van der Waals surface area contributed by atoms with Crippen molar-refractivity contribution in [1.82, 2.24) is 9.88 Å². The van der Waals surface area contributed by atoms with E-state index in [4.69, 9.17) is 5.26 Å². The van der Waals surface area contributed by atoms with Crippen molar-refractivity contribution in [3.8, 4) is 6.07 Å². The molecule has 4 heteroatoms. The number of hydrogen-bond donors (Lipinski definition) is 0. The van der Waals surface area contributed by atoms with E-state index in [0.29, 0.717) is 5.56 Å². The molecule has 1 saturated heterocycles. The van der Waals surface area contributed by atoms with Gasteiger partial charge in [-0.3, -0.25) is 0 Å². The van der Waals surface area contributed by atoms with Crippen LogP contribution in [0.2, 0.25) is 0 Å². The van der Waals surface area contributed by atoms with Crippen molar-refractivity contribution in [3.05, 3.63) is 23.9 Å². The van der Waals surface area contributed by atoms with Gasteiger partial charge in [-0.1, -0.05) is 6.92 Å². The van der Waals surface area contributed by atoms with Gasteiger partial charge in [-0.15, -0.1) is 0 Å². The van der Waals surface area contributed by atoms with Crippen molar-refractivity contribution in [2.24, 2.45) is 0 Å². The van der Waals surface area contributed by atoms with Gasteiger partial charge in [0.25, 0.3) is 0 Å². The molecule has 0 atom stereocenters. The van der Waals surface area contributed by atoms with Gasteiger partial charge in [-0.2, -0.15) is 5.26 Å². The van der Waals surface area contributed by atoms with Crippen molar-refractivity contribution in [2.45, 2.75) is 6.92 Å². The lowest BCUT2D eigenvalue weighted by Gasteiger charge is -2.35. The van der Waals surface area contributed by atoms with Gasteiger partial charge < -0.3 is 9.80 Å². The Balaban J connectivity index is 2.11. The minimum atomic E-state index is 0.674. The van der Waals surface area contributed by atoms with Gasteiger partial charge >= 0.3 is 0 Å². The van der Waals surface area contributed by atoms with Crippen molar-refractivity contribution in [3.63, 3.8) is 0 Å². The average Bonchev–Trinajstić information content (AvgIpc) is 2.39. The third-order valence-electron chi connectivity index (χ3n) is 3.03. The van der Waals surface area contributed by atoms with Crippen LogP contribution in [0.5, 0.6) is 0 Å². The summed E-state index contributed by atoms with van der Waals surface area (Å²) in [5.41, 5.74) is 0.674. The summed E-state index contributed by atoms with van der Waals surface area (Å²) in [4.78, 5) is 8.92. The largest absolute Gasteiger partial charge is 0.353 e. The maximum absolute atomic E-state index is 9.02. The van der Waals surface area contributed by atoms with Gasteiger partial charge in [0.2, 0.25) is 0 Å². The molecule has 0 aliphatic carbocycles. The summed E-state index contributed by atoms with van der Waals surface area (Å²) < 4.78 is 0. The van der Waals surface area contributed by atoms with E-state index >= 15 is 0 Å². The SMILES string of the molecule is CCN1CCN(c2ncccc2C#N)CC1. The Hall–Kier alpha value is -1.60. The molecule has 84 valence electrons. The number of piperazine rings is 1. The van der Waals surface area contributed by atoms with Crippen LogP contribution in [0.15, 0.2) is 18.3 Å². The Kier molecular flexibility index (Phi) is 3.37. The highest BCUT2D eigenvalue weighted by molar-refractivity contribution is 5.53. The summed E-state index contributed by atoms with van der Waals surface area (Å²) in [7, 11) is 0. The molecule has 2 rings (SSSR count). The van der Waals surface area contributed by atoms with E-state index in [0.717, 1.165) is 38.5 Å². The fourth-order valence-corrected chi connectivity index (χ4v) is 2.01. The molecule has 0 spiro atoms. The van der Waals surface area contributed by atoms with Gasteiger partial charge in [-0.25, -0.2) is 4.98 Å². The van der Waals surface area contributed by atoms with Crippen LogP contribution >= 0.6 is 0 Å². The third-order valence-corrected chi connectivity index (χ3v) is 3.03. The lowest BCUT2D eigenvalue weighted by molar-refractivity contribution is 0.270. The second-order valence-corrected chi connectivity index (χ2v) is 3.91. The molecule has 2 heterocycles. The highest BCUT2D eigenvalue weighted by Crippen LogP contribution is 2.17. The maximum Gasteiger partial charge on any atom is 0.146 e. The maximum atomic E-state index is 9.02. The van der Waals surface area contributed by atoms with Crippen LogP contribution in [-0.4, -0.2) is 42.6 Å².